The maximum absolute atomic E-state index is 13.4. The molecule has 3 N–H and O–H groups in total. The zero-order chi connectivity index (χ0) is 26.2. The zero-order valence-electron chi connectivity index (χ0n) is 20.1. The van der Waals surface area contributed by atoms with Crippen LogP contribution in [-0.2, 0) is 19.4 Å². The molecule has 3 aromatic heterocycles. The first-order valence-corrected chi connectivity index (χ1v) is 13.2. The predicted molar refractivity (Wildman–Crippen MR) is 145 cm³/mol. The molecule has 11 heteroatoms. The fourth-order valence-electron chi connectivity index (χ4n) is 4.76. The van der Waals surface area contributed by atoms with Crippen LogP contribution in [0, 0.1) is 5.82 Å². The molecule has 1 aliphatic carbocycles. The number of nitrogens with one attached hydrogen (secondary N) is 1. The molecule has 38 heavy (non-hydrogen) atoms. The van der Waals surface area contributed by atoms with Crippen molar-refractivity contribution in [1.29, 1.82) is 0 Å². The molecular weight excluding hydrogens is 529 g/mol. The Bertz CT molecular complexity index is 1630. The Labute approximate surface area is 226 Å². The van der Waals surface area contributed by atoms with Gasteiger partial charge in [0.1, 0.15) is 35.1 Å². The number of hydrogen-bond donors (Lipinski definition) is 3. The summed E-state index contributed by atoms with van der Waals surface area (Å²) in [6.07, 6.45) is 4.81. The van der Waals surface area contributed by atoms with E-state index >= 15 is 0 Å². The third kappa shape index (κ3) is 4.49. The van der Waals surface area contributed by atoms with Crippen molar-refractivity contribution in [3.8, 4) is 16.2 Å². The van der Waals surface area contributed by atoms with Gasteiger partial charge in [0, 0.05) is 21.8 Å². The molecule has 0 saturated carbocycles. The number of benzene rings is 2. The quantitative estimate of drug-likeness (QED) is 0.240. The third-order valence-corrected chi connectivity index (χ3v) is 8.06. The largest absolute Gasteiger partial charge is 0.487 e. The number of aliphatic hydroxyl groups excluding tert-OH is 2. The van der Waals surface area contributed by atoms with Gasteiger partial charge in [-0.25, -0.2) is 14.4 Å². The van der Waals surface area contributed by atoms with E-state index in [1.165, 1.54) is 18.5 Å². The lowest BCUT2D eigenvalue weighted by Crippen LogP contribution is -2.21. The average molecular weight is 552 g/mol. The molecule has 8 nitrogen and oxygen atoms in total. The Kier molecular flexibility index (Phi) is 6.71. The van der Waals surface area contributed by atoms with Crippen molar-refractivity contribution in [3.05, 3.63) is 82.6 Å². The topological polar surface area (TPSA) is 105 Å². The summed E-state index contributed by atoms with van der Waals surface area (Å²) in [4.78, 5) is 11.0. The van der Waals surface area contributed by atoms with Crippen molar-refractivity contribution < 1.29 is 19.3 Å². The fourth-order valence-corrected chi connectivity index (χ4v) is 6.22. The number of aryl methyl sites for hydroxylation is 1. The summed E-state index contributed by atoms with van der Waals surface area (Å²) in [5, 5.41) is 28.5. The number of nitrogens with zero attached hydrogens (tertiary/aromatic N) is 4. The summed E-state index contributed by atoms with van der Waals surface area (Å²) in [5.74, 6) is 0.861. The molecule has 0 aliphatic heterocycles. The Balaban J connectivity index is 1.27. The number of hydrogen-bond acceptors (Lipinski definition) is 8. The lowest BCUT2D eigenvalue weighted by atomic mass is 9.95. The van der Waals surface area contributed by atoms with E-state index in [2.05, 4.69) is 20.4 Å². The summed E-state index contributed by atoms with van der Waals surface area (Å²) in [6, 6.07) is 11.2. The van der Waals surface area contributed by atoms with Gasteiger partial charge in [0.2, 0.25) is 0 Å². The molecule has 194 valence electrons. The molecule has 1 aliphatic rings. The molecule has 0 saturated heterocycles. The fraction of sp³-hybridized carbons (Fsp3) is 0.222. The molecule has 5 aromatic rings. The molecule has 6 rings (SSSR count). The van der Waals surface area contributed by atoms with Gasteiger partial charge in [-0.2, -0.15) is 5.10 Å². The normalized spacial score (nSPS) is 12.6. The van der Waals surface area contributed by atoms with Crippen LogP contribution in [0.2, 0.25) is 5.02 Å². The first kappa shape index (κ1) is 24.7. The molecule has 0 fully saturated rings. The first-order chi connectivity index (χ1) is 18.6. The monoisotopic (exact) mass is 551 g/mol. The molecule has 0 bridgehead atoms. The summed E-state index contributed by atoms with van der Waals surface area (Å²) < 4.78 is 21.0. The van der Waals surface area contributed by atoms with Crippen molar-refractivity contribution in [2.75, 3.05) is 18.5 Å². The SMILES string of the molecule is OCC(CO)n1ncc2c1CCc1c-2sc2ncnc(Nc3ccc(OCc4cccc(F)c4)c(Cl)c3)c12. The minimum Gasteiger partial charge on any atom is -0.487 e. The van der Waals surface area contributed by atoms with Gasteiger partial charge in [-0.1, -0.05) is 23.7 Å². The van der Waals surface area contributed by atoms with Crippen LogP contribution in [0.4, 0.5) is 15.9 Å². The van der Waals surface area contributed by atoms with Crippen LogP contribution in [0.15, 0.2) is 55.0 Å². The van der Waals surface area contributed by atoms with Crippen LogP contribution < -0.4 is 10.1 Å². The molecule has 0 spiro atoms. The zero-order valence-corrected chi connectivity index (χ0v) is 21.6. The number of rotatable bonds is 8. The maximum Gasteiger partial charge on any atom is 0.142 e. The second kappa shape index (κ2) is 10.3. The Hall–Kier alpha value is -3.57. The molecule has 0 amide bonds. The molecule has 0 atom stereocenters. The Morgan fingerprint density at radius 1 is 1.13 bits per heavy atom. The van der Waals surface area contributed by atoms with E-state index in [0.29, 0.717) is 22.2 Å². The maximum atomic E-state index is 13.4. The average Bonchev–Trinajstić information content (AvgIpc) is 3.51. The predicted octanol–water partition coefficient (Wildman–Crippen LogP) is 5.29. The number of aromatic nitrogens is 4. The van der Waals surface area contributed by atoms with E-state index in [9.17, 15) is 14.6 Å². The van der Waals surface area contributed by atoms with Gasteiger partial charge < -0.3 is 20.3 Å². The van der Waals surface area contributed by atoms with Crippen molar-refractivity contribution in [2.24, 2.45) is 0 Å². The summed E-state index contributed by atoms with van der Waals surface area (Å²) in [6.45, 7) is -0.158. The van der Waals surface area contributed by atoms with Crippen molar-refractivity contribution >= 4 is 44.7 Å². The number of ether oxygens (including phenoxy) is 1. The van der Waals surface area contributed by atoms with Gasteiger partial charge in [-0.15, -0.1) is 11.3 Å². The Morgan fingerprint density at radius 2 is 2.00 bits per heavy atom. The van der Waals surface area contributed by atoms with E-state index in [1.54, 1.807) is 46.5 Å². The highest BCUT2D eigenvalue weighted by molar-refractivity contribution is 7.22. The third-order valence-electron chi connectivity index (χ3n) is 6.59. The van der Waals surface area contributed by atoms with Crippen molar-refractivity contribution in [1.82, 2.24) is 19.7 Å². The van der Waals surface area contributed by atoms with Crippen molar-refractivity contribution in [3.63, 3.8) is 0 Å². The molecular formula is C27H23ClFN5O3S. The van der Waals surface area contributed by atoms with Crippen LogP contribution in [0.5, 0.6) is 5.75 Å². The van der Waals surface area contributed by atoms with Gasteiger partial charge in [-0.05, 0) is 54.3 Å². The molecule has 0 unspecified atom stereocenters. The number of aliphatic hydroxyl groups is 2. The summed E-state index contributed by atoms with van der Waals surface area (Å²) in [7, 11) is 0. The highest BCUT2D eigenvalue weighted by Gasteiger charge is 2.28. The van der Waals surface area contributed by atoms with Crippen LogP contribution in [0.1, 0.15) is 22.9 Å². The summed E-state index contributed by atoms with van der Waals surface area (Å²) in [5.41, 5.74) is 4.60. The lowest BCUT2D eigenvalue weighted by Gasteiger charge is -2.19. The van der Waals surface area contributed by atoms with Gasteiger partial charge in [0.25, 0.3) is 0 Å². The summed E-state index contributed by atoms with van der Waals surface area (Å²) >= 11 is 8.08. The van der Waals surface area contributed by atoms with Crippen LogP contribution in [0.3, 0.4) is 0 Å². The molecule has 0 radical (unpaired) electrons. The van der Waals surface area contributed by atoms with Gasteiger partial charge >= 0.3 is 0 Å². The highest BCUT2D eigenvalue weighted by Crippen LogP contribution is 2.45. The number of anilines is 2. The minimum atomic E-state index is -0.461. The van der Waals surface area contributed by atoms with Gasteiger partial charge in [-0.3, -0.25) is 4.68 Å². The van der Waals surface area contributed by atoms with E-state index in [0.717, 1.165) is 50.4 Å². The van der Waals surface area contributed by atoms with Crippen LogP contribution in [0.25, 0.3) is 20.7 Å². The van der Waals surface area contributed by atoms with E-state index in [4.69, 9.17) is 16.3 Å². The van der Waals surface area contributed by atoms with Crippen LogP contribution in [-0.4, -0.2) is 43.2 Å². The smallest absolute Gasteiger partial charge is 0.142 e. The molecule has 3 heterocycles. The van der Waals surface area contributed by atoms with Gasteiger partial charge in [0.05, 0.1) is 35.9 Å². The minimum absolute atomic E-state index is 0.180. The standard InChI is InChI=1S/C27H23ClFN5O3S/c28-21-9-17(4-7-23(21)37-13-15-2-1-3-16(29)8-15)33-26-24-19-5-6-22-20(10-32-34(22)18(11-35)12-36)25(19)38-27(24)31-14-30-26/h1-4,7-10,14,18,35-36H,5-6,11-13H2,(H,30,31,33). The second-order valence-corrected chi connectivity index (χ2v) is 10.4. The van der Waals surface area contributed by atoms with E-state index in [-0.39, 0.29) is 25.6 Å². The highest BCUT2D eigenvalue weighted by atomic mass is 35.5. The van der Waals surface area contributed by atoms with E-state index in [1.807, 2.05) is 6.07 Å². The Morgan fingerprint density at radius 3 is 2.79 bits per heavy atom. The first-order valence-electron chi connectivity index (χ1n) is 12.0. The van der Waals surface area contributed by atoms with Crippen molar-refractivity contribution in [2.45, 2.75) is 25.5 Å². The second-order valence-electron chi connectivity index (χ2n) is 8.97. The van der Waals surface area contributed by atoms with Gasteiger partial charge in [0.15, 0.2) is 0 Å². The number of halogens is 2. The number of thiophene rings is 1. The van der Waals surface area contributed by atoms with E-state index < -0.39 is 6.04 Å². The number of fused-ring (bicyclic) bond motifs is 5. The lowest BCUT2D eigenvalue weighted by molar-refractivity contribution is 0.144. The molecule has 2 aromatic carbocycles. The van der Waals surface area contributed by atoms with Crippen LogP contribution >= 0.6 is 22.9 Å².